The van der Waals surface area contributed by atoms with Crippen LogP contribution < -0.4 is 5.73 Å². The predicted molar refractivity (Wildman–Crippen MR) is 65.6 cm³/mol. The summed E-state index contributed by atoms with van der Waals surface area (Å²) in [6.45, 7) is 0. The van der Waals surface area contributed by atoms with Gasteiger partial charge in [-0.15, -0.1) is 24.8 Å². The maximum Gasteiger partial charge on any atom is 0.0922 e. The van der Waals surface area contributed by atoms with E-state index in [4.69, 9.17) is 5.73 Å². The third-order valence-corrected chi connectivity index (χ3v) is 2.01. The molecule has 5 heteroatoms. The molecule has 0 aliphatic heterocycles. The van der Waals surface area contributed by atoms with E-state index < -0.39 is 0 Å². The van der Waals surface area contributed by atoms with E-state index >= 15 is 0 Å². The summed E-state index contributed by atoms with van der Waals surface area (Å²) in [5.41, 5.74) is 8.02. The van der Waals surface area contributed by atoms with E-state index in [0.29, 0.717) is 0 Å². The Labute approximate surface area is 101 Å². The Kier molecular flexibility index (Phi) is 6.01. The lowest BCUT2D eigenvalue weighted by Crippen LogP contribution is -2.11. The van der Waals surface area contributed by atoms with Crippen LogP contribution in [0.25, 0.3) is 0 Å². The van der Waals surface area contributed by atoms with E-state index in [-0.39, 0.29) is 30.9 Å². The molecule has 1 aromatic heterocycles. The molecule has 1 unspecified atom stereocenters. The average molecular weight is 246 g/mol. The molecule has 0 saturated heterocycles. The Balaban J connectivity index is 0.000000980. The van der Waals surface area contributed by atoms with Gasteiger partial charge in [0.1, 0.15) is 0 Å². The summed E-state index contributed by atoms with van der Waals surface area (Å²) in [4.78, 5) is 6.93. The van der Waals surface area contributed by atoms with Crippen LogP contribution in [-0.4, -0.2) is 9.97 Å². The van der Waals surface area contributed by atoms with Gasteiger partial charge >= 0.3 is 0 Å². The van der Waals surface area contributed by atoms with E-state index in [9.17, 15) is 0 Å². The molecular weight excluding hydrogens is 233 g/mol. The van der Waals surface area contributed by atoms with Gasteiger partial charge in [0, 0.05) is 6.20 Å². The number of aromatic nitrogens is 2. The van der Waals surface area contributed by atoms with Gasteiger partial charge in [0.05, 0.1) is 18.1 Å². The molecule has 2 rings (SSSR count). The largest absolute Gasteiger partial charge is 0.347 e. The molecule has 1 aromatic carbocycles. The maximum atomic E-state index is 5.99. The van der Waals surface area contributed by atoms with Crippen LogP contribution in [0.3, 0.4) is 0 Å². The molecule has 0 bridgehead atoms. The van der Waals surface area contributed by atoms with E-state index in [1.165, 1.54) is 0 Å². The predicted octanol–water partition coefficient (Wildman–Crippen LogP) is 2.30. The minimum atomic E-state index is -0.108. The Morgan fingerprint density at radius 1 is 1.13 bits per heavy atom. The van der Waals surface area contributed by atoms with Gasteiger partial charge in [-0.25, -0.2) is 4.98 Å². The summed E-state index contributed by atoms with van der Waals surface area (Å²) in [5.74, 6) is 0. The summed E-state index contributed by atoms with van der Waals surface area (Å²) >= 11 is 0. The minimum Gasteiger partial charge on any atom is -0.347 e. The summed E-state index contributed by atoms with van der Waals surface area (Å²) in [6.07, 6.45) is 3.38. The van der Waals surface area contributed by atoms with E-state index in [2.05, 4.69) is 9.97 Å². The van der Waals surface area contributed by atoms with Crippen LogP contribution in [0.2, 0.25) is 0 Å². The van der Waals surface area contributed by atoms with E-state index in [1.807, 2.05) is 30.3 Å². The number of imidazole rings is 1. The molecule has 0 radical (unpaired) electrons. The zero-order chi connectivity index (χ0) is 9.10. The molecule has 2 aromatic rings. The first kappa shape index (κ1) is 14.0. The second kappa shape index (κ2) is 6.45. The minimum absolute atomic E-state index is 0. The van der Waals surface area contributed by atoms with Gasteiger partial charge in [-0.1, -0.05) is 30.3 Å². The summed E-state index contributed by atoms with van der Waals surface area (Å²) in [7, 11) is 0. The second-order valence-corrected chi connectivity index (χ2v) is 2.90. The molecule has 3 nitrogen and oxygen atoms in total. The highest BCUT2D eigenvalue weighted by atomic mass is 35.5. The smallest absolute Gasteiger partial charge is 0.0922 e. The molecule has 15 heavy (non-hydrogen) atoms. The molecule has 82 valence electrons. The van der Waals surface area contributed by atoms with Crippen LogP contribution in [0.4, 0.5) is 0 Å². The summed E-state index contributed by atoms with van der Waals surface area (Å²) in [5, 5.41) is 0. The number of nitrogens with zero attached hydrogens (tertiary/aromatic N) is 1. The molecule has 0 spiro atoms. The van der Waals surface area contributed by atoms with Crippen molar-refractivity contribution in [2.45, 2.75) is 6.04 Å². The highest BCUT2D eigenvalue weighted by Crippen LogP contribution is 2.15. The number of nitrogens with one attached hydrogen (secondary N) is 1. The normalized spacial score (nSPS) is 11.0. The monoisotopic (exact) mass is 245 g/mol. The van der Waals surface area contributed by atoms with Crippen LogP contribution in [0, 0.1) is 0 Å². The zero-order valence-corrected chi connectivity index (χ0v) is 9.59. The number of H-pyrrole nitrogens is 1. The van der Waals surface area contributed by atoms with Crippen molar-refractivity contribution in [3.05, 3.63) is 54.1 Å². The third-order valence-electron chi connectivity index (χ3n) is 2.01. The first-order chi connectivity index (χ1) is 6.38. The molecule has 0 amide bonds. The first-order valence-corrected chi connectivity index (χ1v) is 4.17. The number of hydrogen-bond donors (Lipinski definition) is 2. The van der Waals surface area contributed by atoms with Crippen molar-refractivity contribution in [1.82, 2.24) is 9.97 Å². The number of aromatic amines is 1. The van der Waals surface area contributed by atoms with Gasteiger partial charge in [0.2, 0.25) is 0 Å². The van der Waals surface area contributed by atoms with Crippen LogP contribution >= 0.6 is 24.8 Å². The summed E-state index contributed by atoms with van der Waals surface area (Å²) in [6, 6.07) is 9.83. The number of halogens is 2. The fourth-order valence-corrected chi connectivity index (χ4v) is 1.28. The highest BCUT2D eigenvalue weighted by molar-refractivity contribution is 5.85. The standard InChI is InChI=1S/C10H11N3.2ClH/c11-10(9-6-12-7-13-9)8-4-2-1-3-5-8;;/h1-7,10H,11H2,(H,12,13);2*1H. The molecule has 1 heterocycles. The van der Waals surface area contributed by atoms with Gasteiger partial charge in [-0.3, -0.25) is 0 Å². The van der Waals surface area contributed by atoms with Crippen molar-refractivity contribution in [3.63, 3.8) is 0 Å². The van der Waals surface area contributed by atoms with Crippen LogP contribution in [0.15, 0.2) is 42.9 Å². The highest BCUT2D eigenvalue weighted by Gasteiger charge is 2.08. The Morgan fingerprint density at radius 2 is 1.80 bits per heavy atom. The maximum absolute atomic E-state index is 5.99. The van der Waals surface area contributed by atoms with Crippen molar-refractivity contribution in [1.29, 1.82) is 0 Å². The van der Waals surface area contributed by atoms with Gasteiger partial charge in [-0.05, 0) is 5.56 Å². The SMILES string of the molecule is Cl.Cl.NC(c1ccccc1)c1cnc[nH]1. The number of hydrogen-bond acceptors (Lipinski definition) is 2. The van der Waals surface area contributed by atoms with Gasteiger partial charge in [0.15, 0.2) is 0 Å². The van der Waals surface area contributed by atoms with E-state index in [1.54, 1.807) is 12.5 Å². The zero-order valence-electron chi connectivity index (χ0n) is 7.96. The molecule has 0 aliphatic rings. The lowest BCUT2D eigenvalue weighted by Gasteiger charge is -2.08. The molecule has 0 fully saturated rings. The van der Waals surface area contributed by atoms with Crippen molar-refractivity contribution in [2.75, 3.05) is 0 Å². The number of benzene rings is 1. The van der Waals surface area contributed by atoms with Crippen LogP contribution in [0.5, 0.6) is 0 Å². The molecule has 0 aliphatic carbocycles. The van der Waals surface area contributed by atoms with Crippen LogP contribution in [-0.2, 0) is 0 Å². The molecular formula is C10H13Cl2N3. The fraction of sp³-hybridized carbons (Fsp3) is 0.100. The average Bonchev–Trinajstić information content (AvgIpc) is 2.71. The molecule has 1 atom stereocenters. The van der Waals surface area contributed by atoms with E-state index in [0.717, 1.165) is 11.3 Å². The van der Waals surface area contributed by atoms with Gasteiger partial charge < -0.3 is 10.7 Å². The summed E-state index contributed by atoms with van der Waals surface area (Å²) < 4.78 is 0. The Morgan fingerprint density at radius 3 is 2.33 bits per heavy atom. The van der Waals surface area contributed by atoms with Crippen molar-refractivity contribution in [2.24, 2.45) is 5.73 Å². The molecule has 3 N–H and O–H groups in total. The van der Waals surface area contributed by atoms with Crippen molar-refractivity contribution >= 4 is 24.8 Å². The quantitative estimate of drug-likeness (QED) is 0.854. The second-order valence-electron chi connectivity index (χ2n) is 2.90. The third kappa shape index (κ3) is 3.23. The van der Waals surface area contributed by atoms with Crippen molar-refractivity contribution in [3.8, 4) is 0 Å². The fourth-order valence-electron chi connectivity index (χ4n) is 1.28. The first-order valence-electron chi connectivity index (χ1n) is 4.17. The topological polar surface area (TPSA) is 54.7 Å². The molecule has 0 saturated carbocycles. The Bertz CT molecular complexity index is 361. The lowest BCUT2D eigenvalue weighted by molar-refractivity contribution is 0.838. The number of nitrogens with two attached hydrogens (primary N) is 1. The van der Waals surface area contributed by atoms with Gasteiger partial charge in [-0.2, -0.15) is 0 Å². The van der Waals surface area contributed by atoms with Gasteiger partial charge in [0.25, 0.3) is 0 Å². The van der Waals surface area contributed by atoms with Crippen molar-refractivity contribution < 1.29 is 0 Å². The van der Waals surface area contributed by atoms with Crippen LogP contribution in [0.1, 0.15) is 17.3 Å². The lowest BCUT2D eigenvalue weighted by atomic mass is 10.1. The Hall–Kier alpha value is -1.03. The number of rotatable bonds is 2.